The van der Waals surface area contributed by atoms with Crippen LogP contribution in [-0.2, 0) is 17.9 Å². The van der Waals surface area contributed by atoms with Gasteiger partial charge in [-0.15, -0.1) is 0 Å². The summed E-state index contributed by atoms with van der Waals surface area (Å²) in [6, 6.07) is 20.8. The molecule has 4 aromatic rings. The second-order valence-corrected chi connectivity index (χ2v) is 11.6. The largest absolute Gasteiger partial charge is 0.497 e. The van der Waals surface area contributed by atoms with E-state index >= 15 is 0 Å². The van der Waals surface area contributed by atoms with E-state index in [-0.39, 0.29) is 25.0 Å². The van der Waals surface area contributed by atoms with Gasteiger partial charge in [-0.05, 0) is 49.0 Å². The summed E-state index contributed by atoms with van der Waals surface area (Å²) in [6.07, 6.45) is 2.15. The van der Waals surface area contributed by atoms with Crippen LogP contribution in [0.3, 0.4) is 0 Å². The van der Waals surface area contributed by atoms with Gasteiger partial charge in [-0.2, -0.15) is 4.98 Å². The molecule has 0 saturated carbocycles. The van der Waals surface area contributed by atoms with Gasteiger partial charge in [0.15, 0.2) is 0 Å². The van der Waals surface area contributed by atoms with Gasteiger partial charge in [0.2, 0.25) is 11.9 Å². The fourth-order valence-electron chi connectivity index (χ4n) is 5.64. The summed E-state index contributed by atoms with van der Waals surface area (Å²) in [6.45, 7) is 6.40. The molecule has 2 N–H and O–H groups in total. The van der Waals surface area contributed by atoms with Crippen molar-refractivity contribution in [2.45, 2.75) is 26.4 Å². The van der Waals surface area contributed by atoms with Crippen molar-refractivity contribution in [2.24, 2.45) is 0 Å². The maximum absolute atomic E-state index is 14.2. The Balaban J connectivity index is 1.29. The van der Waals surface area contributed by atoms with Crippen molar-refractivity contribution in [3.05, 3.63) is 84.1 Å². The second kappa shape index (κ2) is 14.0. The number of piperazine rings is 1. The number of carbonyl (C=O) groups is 2. The fraction of sp³-hybridized carbons (Fsp3) is 0.314. The van der Waals surface area contributed by atoms with Crippen molar-refractivity contribution in [1.29, 1.82) is 0 Å². The number of likely N-dealkylation sites (N-methyl/N-ethyl adjacent to an activating group) is 1. The monoisotopic (exact) mass is 636 g/mol. The van der Waals surface area contributed by atoms with E-state index in [0.717, 1.165) is 43.0 Å². The van der Waals surface area contributed by atoms with Gasteiger partial charge in [0.1, 0.15) is 17.3 Å². The molecule has 244 valence electrons. The van der Waals surface area contributed by atoms with Crippen molar-refractivity contribution in [3.8, 4) is 11.5 Å². The Morgan fingerprint density at radius 1 is 0.872 bits per heavy atom. The predicted molar refractivity (Wildman–Crippen MR) is 184 cm³/mol. The number of nitrogens with one attached hydrogen (secondary N) is 2. The zero-order valence-electron chi connectivity index (χ0n) is 27.2. The third-order valence-corrected chi connectivity index (χ3v) is 8.43. The standard InChI is InChI=1S/C35H40N8O4/c1-5-32(44)37-26-8-6-24(7-9-26)22-43-33-25(23-42(35(43)45)29-18-30(46-3)20-31(19-29)47-4)21-36-34(39-33)38-27-10-12-28(13-11-27)41-16-14-40(2)15-17-41/h6-13,18-21H,5,14-17,22-23H2,1-4H3,(H,37,44)(H,36,38,39). The van der Waals surface area contributed by atoms with Crippen LogP contribution in [-0.4, -0.2) is 74.3 Å². The number of amides is 3. The van der Waals surface area contributed by atoms with Crippen LogP contribution in [0.4, 0.5) is 39.3 Å². The van der Waals surface area contributed by atoms with Gasteiger partial charge in [-0.25, -0.2) is 9.78 Å². The molecule has 1 aromatic heterocycles. The highest BCUT2D eigenvalue weighted by molar-refractivity contribution is 6.05. The van der Waals surface area contributed by atoms with Crippen LogP contribution >= 0.6 is 0 Å². The molecule has 1 saturated heterocycles. The van der Waals surface area contributed by atoms with Crippen LogP contribution in [0.15, 0.2) is 72.9 Å². The molecule has 0 aliphatic carbocycles. The summed E-state index contributed by atoms with van der Waals surface area (Å²) in [7, 11) is 5.30. The number of anilines is 6. The molecule has 1 fully saturated rings. The lowest BCUT2D eigenvalue weighted by atomic mass is 10.1. The molecule has 0 spiro atoms. The number of urea groups is 1. The molecule has 2 aliphatic rings. The molecular formula is C35H40N8O4. The lowest BCUT2D eigenvalue weighted by Gasteiger charge is -2.36. The molecule has 0 atom stereocenters. The maximum atomic E-state index is 14.2. The number of ether oxygens (including phenoxy) is 2. The molecule has 3 heterocycles. The maximum Gasteiger partial charge on any atom is 0.330 e. The van der Waals surface area contributed by atoms with Crippen molar-refractivity contribution in [1.82, 2.24) is 14.9 Å². The average molecular weight is 637 g/mol. The fourth-order valence-corrected chi connectivity index (χ4v) is 5.64. The number of aromatic nitrogens is 2. The van der Waals surface area contributed by atoms with E-state index in [0.29, 0.717) is 41.1 Å². The summed E-state index contributed by atoms with van der Waals surface area (Å²) in [5, 5.41) is 6.19. The SMILES string of the molecule is CCC(=O)Nc1ccc(CN2C(=O)N(c3cc(OC)cc(OC)c3)Cc3cnc(Nc4ccc(N5CCN(C)CC5)cc4)nc32)cc1. The van der Waals surface area contributed by atoms with Gasteiger partial charge in [-0.3, -0.25) is 14.6 Å². The highest BCUT2D eigenvalue weighted by Gasteiger charge is 2.34. The number of benzene rings is 3. The third-order valence-electron chi connectivity index (χ3n) is 8.43. The second-order valence-electron chi connectivity index (χ2n) is 11.6. The van der Waals surface area contributed by atoms with Crippen LogP contribution < -0.4 is 34.8 Å². The third kappa shape index (κ3) is 7.23. The highest BCUT2D eigenvalue weighted by atomic mass is 16.5. The van der Waals surface area contributed by atoms with E-state index in [9.17, 15) is 9.59 Å². The molecule has 0 radical (unpaired) electrons. The van der Waals surface area contributed by atoms with E-state index in [1.807, 2.05) is 36.4 Å². The lowest BCUT2D eigenvalue weighted by molar-refractivity contribution is -0.115. The van der Waals surface area contributed by atoms with Gasteiger partial charge in [0, 0.05) is 79.6 Å². The van der Waals surface area contributed by atoms with Gasteiger partial charge >= 0.3 is 6.03 Å². The quantitative estimate of drug-likeness (QED) is 0.233. The summed E-state index contributed by atoms with van der Waals surface area (Å²) >= 11 is 0. The first-order valence-corrected chi connectivity index (χ1v) is 15.7. The van der Waals surface area contributed by atoms with Crippen LogP contribution in [0.2, 0.25) is 0 Å². The van der Waals surface area contributed by atoms with Crippen molar-refractivity contribution in [2.75, 3.05) is 72.8 Å². The first-order valence-electron chi connectivity index (χ1n) is 15.7. The van der Waals surface area contributed by atoms with E-state index in [2.05, 4.69) is 44.6 Å². The summed E-state index contributed by atoms with van der Waals surface area (Å²) < 4.78 is 11.0. The number of rotatable bonds is 10. The number of carbonyl (C=O) groups excluding carboxylic acids is 2. The van der Waals surface area contributed by atoms with E-state index < -0.39 is 0 Å². The van der Waals surface area contributed by atoms with Crippen LogP contribution in [0.25, 0.3) is 0 Å². The Hall–Kier alpha value is -5.36. The molecule has 0 bridgehead atoms. The Morgan fingerprint density at radius 3 is 2.17 bits per heavy atom. The van der Waals surface area contributed by atoms with Crippen LogP contribution in [0, 0.1) is 0 Å². The molecular weight excluding hydrogens is 596 g/mol. The van der Waals surface area contributed by atoms with E-state index in [1.54, 1.807) is 55.3 Å². The molecule has 2 aliphatic heterocycles. The normalized spacial score (nSPS) is 14.9. The zero-order valence-corrected chi connectivity index (χ0v) is 27.2. The average Bonchev–Trinajstić information content (AvgIpc) is 3.10. The van der Waals surface area contributed by atoms with E-state index in [4.69, 9.17) is 14.5 Å². The first-order chi connectivity index (χ1) is 22.8. The van der Waals surface area contributed by atoms with Gasteiger partial charge in [0.25, 0.3) is 0 Å². The van der Waals surface area contributed by atoms with Crippen molar-refractivity contribution >= 4 is 46.5 Å². The Labute approximate surface area is 274 Å². The summed E-state index contributed by atoms with van der Waals surface area (Å²) in [5.41, 5.74) is 5.02. The molecule has 12 nitrogen and oxygen atoms in total. The smallest absolute Gasteiger partial charge is 0.330 e. The number of nitrogens with zero attached hydrogens (tertiary/aromatic N) is 6. The lowest BCUT2D eigenvalue weighted by Crippen LogP contribution is -2.47. The van der Waals surface area contributed by atoms with Crippen LogP contribution in [0.5, 0.6) is 11.5 Å². The molecule has 6 rings (SSSR count). The Kier molecular flexibility index (Phi) is 9.39. The number of hydrogen-bond donors (Lipinski definition) is 2. The molecule has 12 heteroatoms. The van der Waals surface area contributed by atoms with E-state index in [1.165, 1.54) is 5.69 Å². The number of methoxy groups -OCH3 is 2. The van der Waals surface area contributed by atoms with Crippen molar-refractivity contribution < 1.29 is 19.1 Å². The number of hydrogen-bond acceptors (Lipinski definition) is 9. The minimum atomic E-state index is -0.252. The molecule has 3 amide bonds. The topological polar surface area (TPSA) is 115 Å². The van der Waals surface area contributed by atoms with Crippen molar-refractivity contribution in [3.63, 3.8) is 0 Å². The Bertz CT molecular complexity index is 1700. The molecule has 47 heavy (non-hydrogen) atoms. The number of fused-ring (bicyclic) bond motifs is 1. The molecule has 3 aromatic carbocycles. The van der Waals surface area contributed by atoms with Gasteiger partial charge in [-0.1, -0.05) is 19.1 Å². The zero-order chi connectivity index (χ0) is 32.9. The Morgan fingerprint density at radius 2 is 1.53 bits per heavy atom. The molecule has 0 unspecified atom stereocenters. The highest BCUT2D eigenvalue weighted by Crippen LogP contribution is 2.36. The predicted octanol–water partition coefficient (Wildman–Crippen LogP) is 5.48. The minimum absolute atomic E-state index is 0.0621. The minimum Gasteiger partial charge on any atom is -0.497 e. The van der Waals surface area contributed by atoms with Gasteiger partial charge in [0.05, 0.1) is 33.0 Å². The van der Waals surface area contributed by atoms with Gasteiger partial charge < -0.3 is 29.9 Å². The summed E-state index contributed by atoms with van der Waals surface area (Å²) in [4.78, 5) is 43.6. The first kappa shape index (κ1) is 31.6. The summed E-state index contributed by atoms with van der Waals surface area (Å²) in [5.74, 6) is 2.00. The van der Waals surface area contributed by atoms with Crippen LogP contribution in [0.1, 0.15) is 24.5 Å².